The first-order chi connectivity index (χ1) is 15.2. The van der Waals surface area contributed by atoms with Gasteiger partial charge in [0, 0.05) is 10.8 Å². The van der Waals surface area contributed by atoms with Crippen LogP contribution in [0, 0.1) is 0 Å². The van der Waals surface area contributed by atoms with Gasteiger partial charge in [0.15, 0.2) is 0 Å². The van der Waals surface area contributed by atoms with Crippen molar-refractivity contribution in [2.24, 2.45) is 0 Å². The smallest absolute Gasteiger partial charge is 0.127 e. The average Bonchev–Trinajstić information content (AvgIpc) is 2.81. The Bertz CT molecular complexity index is 1020. The highest BCUT2D eigenvalue weighted by molar-refractivity contribution is 14.1. The molecule has 0 aromatic heterocycles. The summed E-state index contributed by atoms with van der Waals surface area (Å²) in [6, 6.07) is 27.8. The van der Waals surface area contributed by atoms with Crippen LogP contribution in [0.2, 0.25) is 0 Å². The second kappa shape index (κ2) is 14.7. The number of hydrogen-bond acceptors (Lipinski definition) is 2. The van der Waals surface area contributed by atoms with Crippen molar-refractivity contribution >= 4 is 44.1 Å². The van der Waals surface area contributed by atoms with Gasteiger partial charge in [-0.05, 0) is 40.2 Å². The minimum absolute atomic E-state index is 0.350. The van der Waals surface area contributed by atoms with Crippen molar-refractivity contribution in [2.75, 3.05) is 11.0 Å². The molecule has 2 nitrogen and oxygen atoms in total. The van der Waals surface area contributed by atoms with Crippen molar-refractivity contribution in [1.82, 2.24) is 0 Å². The van der Waals surface area contributed by atoms with Gasteiger partial charge in [-0.2, -0.15) is 0 Å². The van der Waals surface area contributed by atoms with E-state index < -0.39 is 0 Å². The van der Waals surface area contributed by atoms with Gasteiger partial charge in [0.05, 0.1) is 6.61 Å². The molecule has 164 valence electrons. The summed E-state index contributed by atoms with van der Waals surface area (Å²) in [5.74, 6) is 1.35. The van der Waals surface area contributed by atoms with Crippen LogP contribution in [-0.4, -0.2) is 16.1 Å². The molecule has 0 aliphatic carbocycles. The lowest BCUT2D eigenvalue weighted by Gasteiger charge is -2.08. The standard InChI is InChI=1S/C14H16O.C10H8O.C4H9I/c1-2-3-11-15-14-10-6-8-12-7-4-5-9-13(12)14;11-10-7-3-5-8-4-1-2-6-9(8)10;1-2-3-4-5/h4-10H,2-3,11H2,1H3;1-7,11H;2-4H2,1H3. The number of phenols is 1. The maximum atomic E-state index is 9.37. The highest BCUT2D eigenvalue weighted by Crippen LogP contribution is 2.25. The number of rotatable bonds is 6. The quantitative estimate of drug-likeness (QED) is 0.154. The van der Waals surface area contributed by atoms with Crippen LogP contribution < -0.4 is 4.74 Å². The maximum Gasteiger partial charge on any atom is 0.127 e. The summed E-state index contributed by atoms with van der Waals surface area (Å²) in [5.41, 5.74) is 0. The van der Waals surface area contributed by atoms with E-state index in [-0.39, 0.29) is 0 Å². The monoisotopic (exact) mass is 528 g/mol. The van der Waals surface area contributed by atoms with Crippen molar-refractivity contribution in [2.45, 2.75) is 39.5 Å². The minimum Gasteiger partial charge on any atom is -0.507 e. The molecule has 0 aliphatic rings. The Morgan fingerprint density at radius 1 is 0.677 bits per heavy atom. The molecule has 0 spiro atoms. The molecule has 0 saturated carbocycles. The molecule has 0 unspecified atom stereocenters. The Morgan fingerprint density at radius 3 is 1.81 bits per heavy atom. The number of ether oxygens (including phenoxy) is 1. The Kier molecular flexibility index (Phi) is 11.8. The molecule has 0 atom stereocenters. The summed E-state index contributed by atoms with van der Waals surface area (Å²) in [5, 5.41) is 13.8. The molecule has 4 rings (SSSR count). The predicted molar refractivity (Wildman–Crippen MR) is 144 cm³/mol. The van der Waals surface area contributed by atoms with Crippen molar-refractivity contribution in [1.29, 1.82) is 0 Å². The normalized spacial score (nSPS) is 10.0. The number of alkyl halides is 1. The van der Waals surface area contributed by atoms with Crippen LogP contribution >= 0.6 is 22.6 Å². The van der Waals surface area contributed by atoms with Gasteiger partial charge in [-0.25, -0.2) is 0 Å². The molecule has 0 amide bonds. The van der Waals surface area contributed by atoms with Crippen LogP contribution in [-0.2, 0) is 0 Å². The molecule has 0 heterocycles. The van der Waals surface area contributed by atoms with Crippen LogP contribution in [0.1, 0.15) is 39.5 Å². The van der Waals surface area contributed by atoms with E-state index in [9.17, 15) is 5.11 Å². The number of unbranched alkanes of at least 4 members (excludes halogenated alkanes) is 2. The van der Waals surface area contributed by atoms with Crippen LogP contribution in [0.25, 0.3) is 21.5 Å². The lowest BCUT2D eigenvalue weighted by Crippen LogP contribution is -1.96. The number of fused-ring (bicyclic) bond motifs is 2. The topological polar surface area (TPSA) is 29.5 Å². The van der Waals surface area contributed by atoms with Crippen LogP contribution in [0.5, 0.6) is 11.5 Å². The zero-order chi connectivity index (χ0) is 22.3. The summed E-state index contributed by atoms with van der Waals surface area (Å²) in [6.07, 6.45) is 5.00. The minimum atomic E-state index is 0.350. The Labute approximate surface area is 200 Å². The van der Waals surface area contributed by atoms with E-state index in [0.717, 1.165) is 29.5 Å². The molecular formula is C28H33IO2. The third-order valence-corrected chi connectivity index (χ3v) is 5.52. The van der Waals surface area contributed by atoms with Crippen molar-refractivity contribution in [3.8, 4) is 11.5 Å². The fourth-order valence-corrected chi connectivity index (χ4v) is 3.75. The van der Waals surface area contributed by atoms with Gasteiger partial charge in [-0.1, -0.05) is 122 Å². The number of phenolic OH excluding ortho intramolecular Hbond substituents is 1. The third kappa shape index (κ3) is 8.41. The van der Waals surface area contributed by atoms with Gasteiger partial charge in [0.1, 0.15) is 11.5 Å². The van der Waals surface area contributed by atoms with Crippen LogP contribution in [0.3, 0.4) is 0 Å². The van der Waals surface area contributed by atoms with Crippen LogP contribution in [0.15, 0.2) is 84.9 Å². The second-order valence-corrected chi connectivity index (χ2v) is 8.30. The van der Waals surface area contributed by atoms with E-state index in [0.29, 0.717) is 5.75 Å². The number of halogens is 1. The van der Waals surface area contributed by atoms with E-state index >= 15 is 0 Å². The number of aromatic hydroxyl groups is 1. The Balaban J connectivity index is 0.000000187. The zero-order valence-corrected chi connectivity index (χ0v) is 20.7. The predicted octanol–water partition coefficient (Wildman–Crippen LogP) is 8.79. The fraction of sp³-hybridized carbons (Fsp3) is 0.286. The van der Waals surface area contributed by atoms with Gasteiger partial charge in [-0.15, -0.1) is 0 Å². The van der Waals surface area contributed by atoms with Crippen molar-refractivity contribution < 1.29 is 9.84 Å². The average molecular weight is 528 g/mol. The Morgan fingerprint density at radius 2 is 1.23 bits per heavy atom. The highest BCUT2D eigenvalue weighted by Gasteiger charge is 1.99. The first-order valence-corrected chi connectivity index (χ1v) is 12.6. The van der Waals surface area contributed by atoms with Gasteiger partial charge >= 0.3 is 0 Å². The van der Waals surface area contributed by atoms with Crippen LogP contribution in [0.4, 0.5) is 0 Å². The molecule has 0 bridgehead atoms. The number of hydrogen-bond donors (Lipinski definition) is 1. The van der Waals surface area contributed by atoms with Gasteiger partial charge in [-0.3, -0.25) is 0 Å². The Hall–Kier alpha value is -2.27. The first kappa shape index (κ1) is 25.0. The van der Waals surface area contributed by atoms with Gasteiger partial charge < -0.3 is 9.84 Å². The van der Waals surface area contributed by atoms with E-state index in [2.05, 4.69) is 66.8 Å². The summed E-state index contributed by atoms with van der Waals surface area (Å²) in [4.78, 5) is 0. The largest absolute Gasteiger partial charge is 0.507 e. The fourth-order valence-electron chi connectivity index (χ4n) is 2.99. The second-order valence-electron chi connectivity index (χ2n) is 7.22. The molecule has 4 aromatic carbocycles. The number of benzene rings is 4. The molecule has 31 heavy (non-hydrogen) atoms. The molecular weight excluding hydrogens is 495 g/mol. The molecule has 0 aliphatic heterocycles. The third-order valence-electron chi connectivity index (χ3n) is 4.76. The van der Waals surface area contributed by atoms with Crippen molar-refractivity contribution in [3.63, 3.8) is 0 Å². The van der Waals surface area contributed by atoms with E-state index in [1.165, 1.54) is 34.5 Å². The molecule has 0 saturated heterocycles. The summed E-state index contributed by atoms with van der Waals surface area (Å²) >= 11 is 2.39. The molecule has 4 aromatic rings. The van der Waals surface area contributed by atoms with Gasteiger partial charge in [0.25, 0.3) is 0 Å². The van der Waals surface area contributed by atoms with E-state index in [4.69, 9.17) is 4.74 Å². The molecule has 0 radical (unpaired) electrons. The first-order valence-electron chi connectivity index (χ1n) is 11.0. The maximum absolute atomic E-state index is 9.37. The highest BCUT2D eigenvalue weighted by atomic mass is 127. The van der Waals surface area contributed by atoms with Crippen molar-refractivity contribution in [3.05, 3.63) is 84.9 Å². The van der Waals surface area contributed by atoms with Gasteiger partial charge in [0.2, 0.25) is 0 Å². The molecule has 1 N–H and O–H groups in total. The lowest BCUT2D eigenvalue weighted by atomic mass is 10.1. The SMILES string of the molecule is CCCCI.CCCCOc1cccc2ccccc12.Oc1cccc2ccccc12. The summed E-state index contributed by atoms with van der Waals surface area (Å²) in [6.45, 7) is 5.19. The van der Waals surface area contributed by atoms with E-state index in [1.54, 1.807) is 6.07 Å². The lowest BCUT2D eigenvalue weighted by molar-refractivity contribution is 0.313. The molecule has 0 fully saturated rings. The zero-order valence-electron chi connectivity index (χ0n) is 18.6. The van der Waals surface area contributed by atoms with E-state index in [1.807, 2.05) is 48.5 Å². The summed E-state index contributed by atoms with van der Waals surface area (Å²) in [7, 11) is 0. The molecule has 3 heteroatoms. The summed E-state index contributed by atoms with van der Waals surface area (Å²) < 4.78 is 7.07.